The van der Waals surface area contributed by atoms with E-state index < -0.39 is 7.32 Å². The number of hydrogen-bond donors (Lipinski definition) is 2. The smallest absolute Gasteiger partial charge is 0.339 e. The summed E-state index contributed by atoms with van der Waals surface area (Å²) in [6.07, 6.45) is 0. The molecule has 0 atom stereocenters. The van der Waals surface area contributed by atoms with E-state index in [1.54, 1.807) is 0 Å². The van der Waals surface area contributed by atoms with Gasteiger partial charge in [-0.2, -0.15) is 0 Å². The molecule has 0 aliphatic heterocycles. The molecule has 0 heterocycles. The van der Waals surface area contributed by atoms with Crippen molar-refractivity contribution < 1.29 is 16.5 Å². The van der Waals surface area contributed by atoms with Crippen molar-refractivity contribution in [3.05, 3.63) is 0 Å². The van der Waals surface area contributed by atoms with Gasteiger partial charge in [0.05, 0.1) is 0 Å². The van der Waals surface area contributed by atoms with E-state index in [2.05, 4.69) is 0 Å². The molecule has 0 unspecified atom stereocenters. The van der Waals surface area contributed by atoms with Gasteiger partial charge in [-0.15, -0.1) is 0 Å². The van der Waals surface area contributed by atoms with Crippen LogP contribution in [0.2, 0.25) is 0 Å². The Hall–Kier alpha value is 0.945. The first kappa shape index (κ1) is 9.34. The minimum atomic E-state index is -2.42. The second kappa shape index (κ2) is 4.94. The van der Waals surface area contributed by atoms with Crippen LogP contribution in [0.25, 0.3) is 0 Å². The first-order chi connectivity index (χ1) is 1.73. The molecule has 0 rings (SSSR count). The van der Waals surface area contributed by atoms with Crippen LogP contribution in [-0.2, 0) is 0 Å². The summed E-state index contributed by atoms with van der Waals surface area (Å²) >= 11 is 0. The van der Waals surface area contributed by atoms with Gasteiger partial charge in [-0.25, -0.2) is 0 Å². The molecule has 2 N–H and O–H groups in total. The number of rotatable bonds is 0. The molecular formula is H4BNaO3. The third-order valence-corrected chi connectivity index (χ3v) is 0. The van der Waals surface area contributed by atoms with Crippen molar-refractivity contribution in [2.75, 3.05) is 0 Å². The molecule has 0 saturated carbocycles. The summed E-state index contributed by atoms with van der Waals surface area (Å²) in [6.45, 7) is 0. The fourth-order valence-corrected chi connectivity index (χ4v) is 0. The zero-order valence-corrected chi connectivity index (χ0v) is 1.88. The topological polar surface area (TPSA) is 63.5 Å². The van der Waals surface area contributed by atoms with Crippen LogP contribution in [0.1, 0.15) is 1.43 Å². The maximum absolute atomic E-state index is 8.64. The number of hydrogen-bond acceptors (Lipinski definition) is 3. The Morgan fingerprint density at radius 1 is 1.60 bits per heavy atom. The van der Waals surface area contributed by atoms with Gasteiger partial charge in [0.25, 0.3) is 0 Å². The molecule has 0 fully saturated rings. The average Bonchev–Trinajstić information content (AvgIpc) is 0.811. The van der Waals surface area contributed by atoms with E-state index in [1.807, 2.05) is 0 Å². The van der Waals surface area contributed by atoms with Gasteiger partial charge in [-0.05, 0) is 0 Å². The second-order valence-electron chi connectivity index (χ2n) is 0.326. The van der Waals surface area contributed by atoms with Crippen molar-refractivity contribution >= 4 is 36.9 Å². The Morgan fingerprint density at radius 2 is 1.60 bits per heavy atom. The first-order valence-electron chi connectivity index (χ1n) is 0.752. The van der Waals surface area contributed by atoms with E-state index >= 15 is 0 Å². The van der Waals surface area contributed by atoms with Crippen LogP contribution < -0.4 is 5.02 Å². The average molecular weight is 85.8 g/mol. The minimum absolute atomic E-state index is 0. The molecule has 0 saturated heterocycles. The van der Waals surface area contributed by atoms with Crippen LogP contribution in [0.4, 0.5) is 0 Å². The zero-order valence-electron chi connectivity index (χ0n) is 2.88. The quantitative estimate of drug-likeness (QED) is 0.305. The molecule has 0 aromatic heterocycles. The van der Waals surface area contributed by atoms with E-state index in [0.29, 0.717) is 0 Å². The first-order valence-corrected chi connectivity index (χ1v) is 0.752. The van der Waals surface area contributed by atoms with Crippen LogP contribution in [0.3, 0.4) is 0 Å². The SMILES string of the molecule is [H+].[NaH].[O-]B(O)O. The fraction of sp³-hybridized carbons (Fsp3) is 0. The summed E-state index contributed by atoms with van der Waals surface area (Å²) in [6, 6.07) is 0. The van der Waals surface area contributed by atoms with E-state index in [1.165, 1.54) is 0 Å². The monoisotopic (exact) mass is 86.0 g/mol. The van der Waals surface area contributed by atoms with Crippen LogP contribution in [0.5, 0.6) is 0 Å². The predicted molar refractivity (Wildman–Crippen MR) is 18.5 cm³/mol. The summed E-state index contributed by atoms with van der Waals surface area (Å²) in [5.41, 5.74) is 0. The van der Waals surface area contributed by atoms with Crippen molar-refractivity contribution in [3.63, 3.8) is 0 Å². The molecule has 0 amide bonds. The molecule has 0 spiro atoms. The Kier molecular flexibility index (Phi) is 9.24. The van der Waals surface area contributed by atoms with Gasteiger partial charge in [-0.3, -0.25) is 0 Å². The standard InChI is InChI=1S/BH2O3.Na.H/c2-1(3)4;;/h2-3H;;/q-1;;/p+1. The van der Waals surface area contributed by atoms with Crippen LogP contribution in [-0.4, -0.2) is 46.9 Å². The summed E-state index contributed by atoms with van der Waals surface area (Å²) < 4.78 is 0. The molecule has 26 valence electrons. The third kappa shape index (κ3) is 48.0. The van der Waals surface area contributed by atoms with Gasteiger partial charge >= 0.3 is 38.3 Å². The summed E-state index contributed by atoms with van der Waals surface area (Å²) in [4.78, 5) is 0. The zero-order chi connectivity index (χ0) is 3.58. The fourth-order valence-electron chi connectivity index (χ4n) is 0. The molecule has 5 heteroatoms. The Labute approximate surface area is 53.6 Å². The van der Waals surface area contributed by atoms with Gasteiger partial charge in [0.15, 0.2) is 0 Å². The van der Waals surface area contributed by atoms with E-state index in [0.717, 1.165) is 0 Å². The Morgan fingerprint density at radius 3 is 1.60 bits per heavy atom. The summed E-state index contributed by atoms with van der Waals surface area (Å²) in [5.74, 6) is 0. The van der Waals surface area contributed by atoms with Crippen molar-refractivity contribution in [1.82, 2.24) is 0 Å². The third-order valence-electron chi connectivity index (χ3n) is 0. The van der Waals surface area contributed by atoms with Crippen LogP contribution in [0.15, 0.2) is 0 Å². The molecule has 0 aliphatic carbocycles. The van der Waals surface area contributed by atoms with Crippen LogP contribution in [0, 0.1) is 0 Å². The van der Waals surface area contributed by atoms with Gasteiger partial charge in [-0.1, -0.05) is 0 Å². The minimum Gasteiger partial charge on any atom is -0.832 e. The van der Waals surface area contributed by atoms with Gasteiger partial charge in [0.1, 0.15) is 0 Å². The normalized spacial score (nSPS) is 5.40. The van der Waals surface area contributed by atoms with Crippen molar-refractivity contribution in [2.24, 2.45) is 0 Å². The van der Waals surface area contributed by atoms with Crippen LogP contribution >= 0.6 is 0 Å². The molecular weight excluding hydrogens is 81.8 g/mol. The van der Waals surface area contributed by atoms with Gasteiger partial charge < -0.3 is 15.1 Å². The molecule has 0 bridgehead atoms. The molecule has 0 radical (unpaired) electrons. The van der Waals surface area contributed by atoms with Crippen molar-refractivity contribution in [3.8, 4) is 0 Å². The maximum Gasteiger partial charge on any atom is 0.339 e. The van der Waals surface area contributed by atoms with Crippen molar-refractivity contribution in [2.45, 2.75) is 0 Å². The summed E-state index contributed by atoms with van der Waals surface area (Å²) in [5, 5.41) is 22.8. The Balaban J connectivity index is -0.0000000450. The molecule has 0 aliphatic rings. The Bertz CT molecular complexity index is 15.5. The van der Waals surface area contributed by atoms with E-state index in [4.69, 9.17) is 15.1 Å². The second-order valence-corrected chi connectivity index (χ2v) is 0.326. The largest absolute Gasteiger partial charge is 0.832 e. The van der Waals surface area contributed by atoms with E-state index in [9.17, 15) is 0 Å². The molecule has 5 heavy (non-hydrogen) atoms. The summed E-state index contributed by atoms with van der Waals surface area (Å²) in [7, 11) is -2.42. The molecule has 0 aromatic rings. The van der Waals surface area contributed by atoms with Crippen molar-refractivity contribution in [1.29, 1.82) is 0 Å². The molecule has 3 nitrogen and oxygen atoms in total. The predicted octanol–water partition coefficient (Wildman–Crippen LogP) is -3.22. The van der Waals surface area contributed by atoms with Gasteiger partial charge in [0, 0.05) is 0 Å². The molecule has 0 aromatic carbocycles. The van der Waals surface area contributed by atoms with E-state index in [-0.39, 0.29) is 31.0 Å². The van der Waals surface area contributed by atoms with Gasteiger partial charge in [0.2, 0.25) is 0 Å². The maximum atomic E-state index is 8.64.